The first-order chi connectivity index (χ1) is 14.9. The van der Waals surface area contributed by atoms with Crippen LogP contribution in [0, 0.1) is 5.82 Å². The topological polar surface area (TPSA) is 77.8 Å². The molecule has 1 aromatic heterocycles. The number of hydrogen-bond donors (Lipinski definition) is 1. The SMILES string of the molecule is COc1cc2c(cc1NC(=O)[C@@H](C)OC(=O)c1c(F)cccc1Cl)oc1ccccc12. The molecule has 158 valence electrons. The minimum Gasteiger partial charge on any atom is -0.495 e. The number of rotatable bonds is 5. The zero-order chi connectivity index (χ0) is 22.1. The average molecular weight is 442 g/mol. The van der Waals surface area contributed by atoms with E-state index in [0.717, 1.165) is 16.8 Å². The number of benzene rings is 3. The molecule has 4 aromatic rings. The first-order valence-electron chi connectivity index (χ1n) is 9.34. The maximum atomic E-state index is 13.9. The van der Waals surface area contributed by atoms with Crippen LogP contribution in [0.2, 0.25) is 5.02 Å². The molecule has 4 rings (SSSR count). The van der Waals surface area contributed by atoms with E-state index in [0.29, 0.717) is 22.6 Å². The minimum absolute atomic E-state index is 0.102. The highest BCUT2D eigenvalue weighted by Crippen LogP contribution is 2.36. The second kappa shape index (κ2) is 8.28. The number of fused-ring (bicyclic) bond motifs is 3. The van der Waals surface area contributed by atoms with Crippen molar-refractivity contribution in [1.29, 1.82) is 0 Å². The molecule has 0 spiro atoms. The van der Waals surface area contributed by atoms with Gasteiger partial charge >= 0.3 is 5.97 Å². The summed E-state index contributed by atoms with van der Waals surface area (Å²) in [5.41, 5.74) is 1.17. The van der Waals surface area contributed by atoms with Gasteiger partial charge in [-0.25, -0.2) is 9.18 Å². The Bertz CT molecular complexity index is 1300. The molecule has 3 aromatic carbocycles. The zero-order valence-corrected chi connectivity index (χ0v) is 17.3. The Hall–Kier alpha value is -3.58. The highest BCUT2D eigenvalue weighted by atomic mass is 35.5. The van der Waals surface area contributed by atoms with Crippen LogP contribution in [0.5, 0.6) is 5.75 Å². The van der Waals surface area contributed by atoms with Crippen LogP contribution in [0.3, 0.4) is 0 Å². The van der Waals surface area contributed by atoms with Crippen LogP contribution in [0.15, 0.2) is 59.0 Å². The van der Waals surface area contributed by atoms with E-state index < -0.39 is 29.4 Å². The first kappa shape index (κ1) is 20.7. The summed E-state index contributed by atoms with van der Waals surface area (Å²) in [5.74, 6) is -2.09. The molecule has 0 bridgehead atoms. The minimum atomic E-state index is -1.22. The summed E-state index contributed by atoms with van der Waals surface area (Å²) >= 11 is 5.88. The summed E-state index contributed by atoms with van der Waals surface area (Å²) in [6, 6.07) is 14.7. The standard InChI is InChI=1S/C23H17ClFNO5/c1-12(30-23(28)21-15(24)7-5-8-16(21)25)22(27)26-17-11-19-14(10-20(17)29-2)13-6-3-4-9-18(13)31-19/h3-12H,1-2H3,(H,26,27)/t12-/m1/s1. The fraction of sp³-hybridized carbons (Fsp3) is 0.130. The number of esters is 1. The largest absolute Gasteiger partial charge is 0.495 e. The molecule has 0 fully saturated rings. The van der Waals surface area contributed by atoms with Crippen LogP contribution < -0.4 is 10.1 Å². The van der Waals surface area contributed by atoms with Gasteiger partial charge in [0.1, 0.15) is 28.3 Å². The van der Waals surface area contributed by atoms with Crippen LogP contribution in [0.25, 0.3) is 21.9 Å². The van der Waals surface area contributed by atoms with E-state index in [9.17, 15) is 14.0 Å². The second-order valence-electron chi connectivity index (χ2n) is 6.78. The molecule has 0 aliphatic heterocycles. The van der Waals surface area contributed by atoms with E-state index in [1.807, 2.05) is 24.3 Å². The lowest BCUT2D eigenvalue weighted by molar-refractivity contribution is -0.123. The van der Waals surface area contributed by atoms with Crippen molar-refractivity contribution in [2.45, 2.75) is 13.0 Å². The maximum Gasteiger partial charge on any atom is 0.343 e. The number of hydrogen-bond acceptors (Lipinski definition) is 5. The molecule has 8 heteroatoms. The van der Waals surface area contributed by atoms with Crippen molar-refractivity contribution in [1.82, 2.24) is 0 Å². The lowest BCUT2D eigenvalue weighted by Gasteiger charge is -2.16. The smallest absolute Gasteiger partial charge is 0.343 e. The number of ether oxygens (including phenoxy) is 2. The van der Waals surface area contributed by atoms with Gasteiger partial charge in [0.25, 0.3) is 5.91 Å². The average Bonchev–Trinajstić information content (AvgIpc) is 3.10. The highest BCUT2D eigenvalue weighted by Gasteiger charge is 2.24. The van der Waals surface area contributed by atoms with E-state index in [1.165, 1.54) is 26.2 Å². The number of carbonyl (C=O) groups is 2. The second-order valence-corrected chi connectivity index (χ2v) is 7.19. The molecule has 0 unspecified atom stereocenters. The number of furan rings is 1. The molecule has 1 N–H and O–H groups in total. The van der Waals surface area contributed by atoms with Crippen molar-refractivity contribution in [2.24, 2.45) is 0 Å². The van der Waals surface area contributed by atoms with E-state index >= 15 is 0 Å². The molecule has 0 aliphatic carbocycles. The Labute approximate surface area is 181 Å². The van der Waals surface area contributed by atoms with Crippen LogP contribution >= 0.6 is 11.6 Å². The Morgan fingerprint density at radius 1 is 1.06 bits per heavy atom. The molecule has 31 heavy (non-hydrogen) atoms. The number of carbonyl (C=O) groups excluding carboxylic acids is 2. The summed E-state index contributed by atoms with van der Waals surface area (Å²) in [4.78, 5) is 24.9. The number of para-hydroxylation sites is 1. The lowest BCUT2D eigenvalue weighted by atomic mass is 10.1. The van der Waals surface area contributed by atoms with Gasteiger partial charge in [-0.1, -0.05) is 35.9 Å². The van der Waals surface area contributed by atoms with Gasteiger partial charge in [-0.15, -0.1) is 0 Å². The van der Waals surface area contributed by atoms with Crippen molar-refractivity contribution >= 4 is 51.1 Å². The monoisotopic (exact) mass is 441 g/mol. The first-order valence-corrected chi connectivity index (χ1v) is 9.72. The molecular formula is C23H17ClFNO5. The van der Waals surface area contributed by atoms with Crippen LogP contribution in [-0.4, -0.2) is 25.1 Å². The normalized spacial score (nSPS) is 12.0. The van der Waals surface area contributed by atoms with Gasteiger partial charge in [0, 0.05) is 16.8 Å². The molecule has 1 atom stereocenters. The molecule has 6 nitrogen and oxygen atoms in total. The molecule has 1 heterocycles. The van der Waals surface area contributed by atoms with Crippen molar-refractivity contribution in [2.75, 3.05) is 12.4 Å². The fourth-order valence-corrected chi connectivity index (χ4v) is 3.46. The van der Waals surface area contributed by atoms with Crippen LogP contribution in [0.4, 0.5) is 10.1 Å². The Balaban J connectivity index is 1.57. The van der Waals surface area contributed by atoms with Gasteiger partial charge in [0.05, 0.1) is 17.8 Å². The number of anilines is 1. The summed E-state index contributed by atoms with van der Waals surface area (Å²) in [6.07, 6.45) is -1.22. The fourth-order valence-electron chi connectivity index (χ4n) is 3.22. The van der Waals surface area contributed by atoms with E-state index in [4.69, 9.17) is 25.5 Å². The number of methoxy groups -OCH3 is 1. The van der Waals surface area contributed by atoms with Crippen LogP contribution in [0.1, 0.15) is 17.3 Å². The summed E-state index contributed by atoms with van der Waals surface area (Å²) < 4.78 is 30.3. The number of nitrogens with one attached hydrogen (secondary N) is 1. The predicted molar refractivity (Wildman–Crippen MR) is 115 cm³/mol. The van der Waals surface area contributed by atoms with E-state index in [2.05, 4.69) is 5.32 Å². The van der Waals surface area contributed by atoms with Gasteiger partial charge in [0.15, 0.2) is 6.10 Å². The Kier molecular flexibility index (Phi) is 5.52. The molecule has 0 saturated heterocycles. The number of halogens is 2. The van der Waals surface area contributed by atoms with Crippen molar-refractivity contribution in [3.05, 3.63) is 71.0 Å². The zero-order valence-electron chi connectivity index (χ0n) is 16.6. The van der Waals surface area contributed by atoms with E-state index in [-0.39, 0.29) is 5.02 Å². The lowest BCUT2D eigenvalue weighted by Crippen LogP contribution is -2.30. The van der Waals surface area contributed by atoms with Gasteiger partial charge in [-0.3, -0.25) is 4.79 Å². The van der Waals surface area contributed by atoms with Crippen molar-refractivity contribution < 1.29 is 27.9 Å². The Morgan fingerprint density at radius 2 is 1.84 bits per heavy atom. The van der Waals surface area contributed by atoms with Crippen molar-refractivity contribution in [3.8, 4) is 5.75 Å². The van der Waals surface area contributed by atoms with Gasteiger partial charge in [0.2, 0.25) is 0 Å². The quantitative estimate of drug-likeness (QED) is 0.409. The highest BCUT2D eigenvalue weighted by molar-refractivity contribution is 6.33. The molecule has 0 saturated carbocycles. The third-order valence-corrected chi connectivity index (χ3v) is 5.09. The molecule has 1 amide bonds. The summed E-state index contributed by atoms with van der Waals surface area (Å²) in [7, 11) is 1.47. The summed E-state index contributed by atoms with van der Waals surface area (Å²) in [6.45, 7) is 1.37. The van der Waals surface area contributed by atoms with Gasteiger partial charge < -0.3 is 19.2 Å². The molecule has 0 radical (unpaired) electrons. The van der Waals surface area contributed by atoms with Gasteiger partial charge in [-0.05, 0) is 31.2 Å². The number of amides is 1. The van der Waals surface area contributed by atoms with E-state index in [1.54, 1.807) is 12.1 Å². The van der Waals surface area contributed by atoms with Gasteiger partial charge in [-0.2, -0.15) is 0 Å². The third kappa shape index (κ3) is 3.92. The maximum absolute atomic E-state index is 13.9. The Morgan fingerprint density at radius 3 is 2.58 bits per heavy atom. The third-order valence-electron chi connectivity index (χ3n) is 4.78. The molecule has 0 aliphatic rings. The predicted octanol–water partition coefficient (Wildman–Crippen LogP) is 5.57. The van der Waals surface area contributed by atoms with Crippen molar-refractivity contribution in [3.63, 3.8) is 0 Å². The molecular weight excluding hydrogens is 425 g/mol. The van der Waals surface area contributed by atoms with Crippen LogP contribution in [-0.2, 0) is 9.53 Å². The summed E-state index contributed by atoms with van der Waals surface area (Å²) in [5, 5.41) is 4.30.